The molecule has 0 aromatic heterocycles. The predicted molar refractivity (Wildman–Crippen MR) is 104 cm³/mol. The SMILES string of the molecule is CS(=O)(=O)N1CCC2(CC1)N=C(c1ccccc1)C(c1ccccc1)=N2. The van der Waals surface area contributed by atoms with E-state index >= 15 is 0 Å². The molecule has 0 amide bonds. The van der Waals surface area contributed by atoms with E-state index < -0.39 is 15.7 Å². The first kappa shape index (κ1) is 17.1. The van der Waals surface area contributed by atoms with Gasteiger partial charge in [0, 0.05) is 37.1 Å². The fraction of sp³-hybridized carbons (Fsp3) is 0.300. The molecule has 5 nitrogen and oxygen atoms in total. The Balaban J connectivity index is 1.73. The molecular weight excluding hydrogens is 346 g/mol. The van der Waals surface area contributed by atoms with Crippen molar-refractivity contribution in [2.24, 2.45) is 9.98 Å². The number of hydrogen-bond donors (Lipinski definition) is 0. The Kier molecular flexibility index (Phi) is 4.25. The lowest BCUT2D eigenvalue weighted by Crippen LogP contribution is -2.44. The molecule has 1 spiro atoms. The summed E-state index contributed by atoms with van der Waals surface area (Å²) in [7, 11) is -3.17. The lowest BCUT2D eigenvalue weighted by molar-refractivity contribution is 0.250. The molecule has 134 valence electrons. The zero-order valence-corrected chi connectivity index (χ0v) is 15.5. The first-order chi connectivity index (χ1) is 12.5. The van der Waals surface area contributed by atoms with Gasteiger partial charge in [0.2, 0.25) is 10.0 Å². The second-order valence-corrected chi connectivity index (χ2v) is 8.78. The van der Waals surface area contributed by atoms with Crippen molar-refractivity contribution in [3.8, 4) is 0 Å². The van der Waals surface area contributed by atoms with Crippen molar-refractivity contribution in [2.45, 2.75) is 18.5 Å². The summed E-state index contributed by atoms with van der Waals surface area (Å²) in [4.78, 5) is 10.0. The Morgan fingerprint density at radius 3 is 1.62 bits per heavy atom. The molecule has 0 atom stereocenters. The zero-order valence-electron chi connectivity index (χ0n) is 14.7. The van der Waals surface area contributed by atoms with Crippen LogP contribution in [0, 0.1) is 0 Å². The molecule has 0 unspecified atom stereocenters. The number of aliphatic imine (C=N–C) groups is 2. The Hall–Kier alpha value is -2.31. The summed E-state index contributed by atoms with van der Waals surface area (Å²) in [5.41, 5.74) is 3.31. The standard InChI is InChI=1S/C20H21N3O2S/c1-26(24,25)23-14-12-20(13-15-23)21-18(16-8-4-2-5-9-16)19(22-20)17-10-6-3-7-11-17/h2-11H,12-15H2,1H3. The van der Waals surface area contributed by atoms with Crippen LogP contribution < -0.4 is 0 Å². The fourth-order valence-electron chi connectivity index (χ4n) is 3.54. The molecule has 0 aliphatic carbocycles. The van der Waals surface area contributed by atoms with E-state index in [1.807, 2.05) is 60.7 Å². The highest BCUT2D eigenvalue weighted by Gasteiger charge is 2.41. The van der Waals surface area contributed by atoms with Crippen LogP contribution in [0.3, 0.4) is 0 Å². The molecule has 0 N–H and O–H groups in total. The molecule has 1 saturated heterocycles. The average Bonchev–Trinajstić information content (AvgIpc) is 3.02. The van der Waals surface area contributed by atoms with E-state index in [0.29, 0.717) is 25.9 Å². The maximum Gasteiger partial charge on any atom is 0.211 e. The van der Waals surface area contributed by atoms with Gasteiger partial charge in [-0.2, -0.15) is 0 Å². The summed E-state index contributed by atoms with van der Waals surface area (Å²) in [6, 6.07) is 20.1. The highest BCUT2D eigenvalue weighted by Crippen LogP contribution is 2.35. The van der Waals surface area contributed by atoms with Gasteiger partial charge < -0.3 is 0 Å². The van der Waals surface area contributed by atoms with Crippen molar-refractivity contribution in [3.05, 3.63) is 71.8 Å². The third-order valence-corrected chi connectivity index (χ3v) is 6.25. The van der Waals surface area contributed by atoms with Gasteiger partial charge in [0.05, 0.1) is 17.7 Å². The summed E-state index contributed by atoms with van der Waals surface area (Å²) < 4.78 is 25.2. The van der Waals surface area contributed by atoms with Gasteiger partial charge in [-0.05, 0) is 0 Å². The zero-order chi connectivity index (χ0) is 18.2. The van der Waals surface area contributed by atoms with Crippen LogP contribution in [0.5, 0.6) is 0 Å². The van der Waals surface area contributed by atoms with Crippen molar-refractivity contribution < 1.29 is 8.42 Å². The normalized spacial score (nSPS) is 20.0. The summed E-state index contributed by atoms with van der Waals surface area (Å²) in [6.07, 6.45) is 2.47. The van der Waals surface area contributed by atoms with Gasteiger partial charge in [-0.3, -0.25) is 9.98 Å². The molecule has 2 aromatic carbocycles. The van der Waals surface area contributed by atoms with Gasteiger partial charge in [-0.25, -0.2) is 12.7 Å². The third-order valence-electron chi connectivity index (χ3n) is 4.95. The monoisotopic (exact) mass is 367 g/mol. The second kappa shape index (κ2) is 6.45. The number of rotatable bonds is 3. The average molecular weight is 367 g/mol. The van der Waals surface area contributed by atoms with Crippen LogP contribution in [-0.2, 0) is 10.0 Å². The van der Waals surface area contributed by atoms with Gasteiger partial charge in [-0.15, -0.1) is 0 Å². The maximum absolute atomic E-state index is 11.8. The molecule has 2 aliphatic rings. The van der Waals surface area contributed by atoms with E-state index in [0.717, 1.165) is 22.6 Å². The first-order valence-electron chi connectivity index (χ1n) is 8.73. The topological polar surface area (TPSA) is 62.1 Å². The number of benzene rings is 2. The van der Waals surface area contributed by atoms with Crippen LogP contribution in [0.4, 0.5) is 0 Å². The molecule has 2 heterocycles. The van der Waals surface area contributed by atoms with Crippen LogP contribution in [0.2, 0.25) is 0 Å². The van der Waals surface area contributed by atoms with E-state index in [1.54, 1.807) is 0 Å². The van der Waals surface area contributed by atoms with Gasteiger partial charge >= 0.3 is 0 Å². The molecule has 2 aromatic rings. The van der Waals surface area contributed by atoms with Crippen molar-refractivity contribution >= 4 is 21.4 Å². The number of hydrogen-bond acceptors (Lipinski definition) is 4. The molecule has 0 saturated carbocycles. The van der Waals surface area contributed by atoms with Gasteiger partial charge in [0.1, 0.15) is 0 Å². The van der Waals surface area contributed by atoms with Crippen molar-refractivity contribution in [1.29, 1.82) is 0 Å². The fourth-order valence-corrected chi connectivity index (χ4v) is 4.39. The van der Waals surface area contributed by atoms with Crippen LogP contribution in [0.15, 0.2) is 70.6 Å². The Bertz CT molecular complexity index is 901. The predicted octanol–water partition coefficient (Wildman–Crippen LogP) is 2.73. The number of nitrogens with zero attached hydrogens (tertiary/aromatic N) is 3. The van der Waals surface area contributed by atoms with Crippen molar-refractivity contribution in [2.75, 3.05) is 19.3 Å². The van der Waals surface area contributed by atoms with Crippen molar-refractivity contribution in [1.82, 2.24) is 4.31 Å². The van der Waals surface area contributed by atoms with E-state index in [-0.39, 0.29) is 0 Å². The molecule has 2 aliphatic heterocycles. The smallest absolute Gasteiger partial charge is 0.211 e. The van der Waals surface area contributed by atoms with E-state index in [4.69, 9.17) is 9.98 Å². The molecule has 6 heteroatoms. The van der Waals surface area contributed by atoms with Crippen LogP contribution in [-0.4, -0.2) is 49.2 Å². The molecule has 1 fully saturated rings. The number of piperidine rings is 1. The van der Waals surface area contributed by atoms with Gasteiger partial charge in [0.15, 0.2) is 5.66 Å². The maximum atomic E-state index is 11.8. The minimum Gasteiger partial charge on any atom is -0.253 e. The lowest BCUT2D eigenvalue weighted by atomic mass is 10.00. The minimum absolute atomic E-state index is 0.454. The Morgan fingerprint density at radius 1 is 0.808 bits per heavy atom. The third kappa shape index (κ3) is 3.22. The number of sulfonamides is 1. The van der Waals surface area contributed by atoms with E-state index in [2.05, 4.69) is 0 Å². The highest BCUT2D eigenvalue weighted by molar-refractivity contribution is 7.88. The Labute approximate surface area is 154 Å². The summed E-state index contributed by atoms with van der Waals surface area (Å²) in [6.45, 7) is 0.909. The summed E-state index contributed by atoms with van der Waals surface area (Å²) in [5.74, 6) is 0. The first-order valence-corrected chi connectivity index (χ1v) is 10.6. The quantitative estimate of drug-likeness (QED) is 0.837. The molecule has 0 radical (unpaired) electrons. The summed E-state index contributed by atoms with van der Waals surface area (Å²) >= 11 is 0. The molecule has 0 bridgehead atoms. The highest BCUT2D eigenvalue weighted by atomic mass is 32.2. The molecule has 4 rings (SSSR count). The molecule has 26 heavy (non-hydrogen) atoms. The van der Waals surface area contributed by atoms with Gasteiger partial charge in [0.25, 0.3) is 0 Å². The van der Waals surface area contributed by atoms with E-state index in [9.17, 15) is 8.42 Å². The largest absolute Gasteiger partial charge is 0.253 e. The van der Waals surface area contributed by atoms with Crippen LogP contribution in [0.25, 0.3) is 0 Å². The minimum atomic E-state index is -3.17. The Morgan fingerprint density at radius 2 is 1.23 bits per heavy atom. The van der Waals surface area contributed by atoms with Crippen LogP contribution >= 0.6 is 0 Å². The van der Waals surface area contributed by atoms with Crippen LogP contribution in [0.1, 0.15) is 24.0 Å². The van der Waals surface area contributed by atoms with Crippen molar-refractivity contribution in [3.63, 3.8) is 0 Å². The summed E-state index contributed by atoms with van der Waals surface area (Å²) in [5, 5.41) is 0. The lowest BCUT2D eigenvalue weighted by Gasteiger charge is -2.33. The van der Waals surface area contributed by atoms with Gasteiger partial charge in [-0.1, -0.05) is 60.7 Å². The van der Waals surface area contributed by atoms with E-state index in [1.165, 1.54) is 10.6 Å². The molecular formula is C20H21N3O2S. The second-order valence-electron chi connectivity index (χ2n) is 6.80.